The zero-order chi connectivity index (χ0) is 16.9. The molecule has 2 aliphatic rings. The number of hydrogen-bond acceptors (Lipinski definition) is 0. The van der Waals surface area contributed by atoms with E-state index >= 15 is 0 Å². The van der Waals surface area contributed by atoms with Gasteiger partial charge in [-0.25, -0.2) is 8.78 Å². The number of hydrogen-bond donors (Lipinski definition) is 0. The second-order valence-electron chi connectivity index (χ2n) is 7.32. The summed E-state index contributed by atoms with van der Waals surface area (Å²) in [5.41, 5.74) is 1.96. The van der Waals surface area contributed by atoms with Gasteiger partial charge in [0.25, 0.3) is 0 Å². The normalized spacial score (nSPS) is 22.3. The van der Waals surface area contributed by atoms with Crippen LogP contribution in [-0.4, -0.2) is 0 Å². The monoisotopic (exact) mass is 330 g/mol. The van der Waals surface area contributed by atoms with Gasteiger partial charge in [0.15, 0.2) is 11.6 Å². The van der Waals surface area contributed by atoms with Gasteiger partial charge in [0.1, 0.15) is 0 Å². The second-order valence-corrected chi connectivity index (χ2v) is 7.32. The van der Waals surface area contributed by atoms with Gasteiger partial charge in [-0.15, -0.1) is 0 Å². The van der Waals surface area contributed by atoms with Gasteiger partial charge in [0, 0.05) is 5.56 Å². The zero-order valence-electron chi connectivity index (χ0n) is 14.7. The molecule has 1 unspecified atom stereocenters. The first kappa shape index (κ1) is 17.4. The molecule has 2 aliphatic carbocycles. The van der Waals surface area contributed by atoms with Gasteiger partial charge in [0.2, 0.25) is 0 Å². The molecule has 3 rings (SSSR count). The quantitative estimate of drug-likeness (QED) is 0.518. The smallest absolute Gasteiger partial charge is 0.166 e. The molecule has 0 aliphatic heterocycles. The Labute approximate surface area is 144 Å². The van der Waals surface area contributed by atoms with E-state index in [4.69, 9.17) is 0 Å². The fraction of sp³-hybridized carbons (Fsp3) is 0.545. The van der Waals surface area contributed by atoms with E-state index in [0.717, 1.165) is 43.1 Å². The van der Waals surface area contributed by atoms with E-state index in [1.54, 1.807) is 12.1 Å². The highest BCUT2D eigenvalue weighted by Crippen LogP contribution is 2.41. The maximum atomic E-state index is 14.5. The summed E-state index contributed by atoms with van der Waals surface area (Å²) < 4.78 is 28.9. The molecule has 0 radical (unpaired) electrons. The van der Waals surface area contributed by atoms with E-state index in [9.17, 15) is 8.78 Å². The minimum absolute atomic E-state index is 0.479. The Morgan fingerprint density at radius 2 is 1.83 bits per heavy atom. The predicted molar refractivity (Wildman–Crippen MR) is 96.8 cm³/mol. The molecule has 0 amide bonds. The molecular weight excluding hydrogens is 302 g/mol. The summed E-state index contributed by atoms with van der Waals surface area (Å²) in [4.78, 5) is 0. The van der Waals surface area contributed by atoms with Crippen molar-refractivity contribution in [2.45, 2.75) is 64.7 Å². The Morgan fingerprint density at radius 1 is 1.04 bits per heavy atom. The maximum Gasteiger partial charge on any atom is 0.166 e. The zero-order valence-corrected chi connectivity index (χ0v) is 14.7. The summed E-state index contributed by atoms with van der Waals surface area (Å²) in [5, 5.41) is 0. The highest BCUT2D eigenvalue weighted by molar-refractivity contribution is 5.67. The highest BCUT2D eigenvalue weighted by Gasteiger charge is 2.27. The third-order valence-corrected chi connectivity index (χ3v) is 5.84. The number of aryl methyl sites for hydroxylation is 1. The van der Waals surface area contributed by atoms with Gasteiger partial charge >= 0.3 is 0 Å². The molecule has 24 heavy (non-hydrogen) atoms. The van der Waals surface area contributed by atoms with Gasteiger partial charge < -0.3 is 0 Å². The van der Waals surface area contributed by atoms with Gasteiger partial charge in [0.05, 0.1) is 0 Å². The Morgan fingerprint density at radius 3 is 2.50 bits per heavy atom. The summed E-state index contributed by atoms with van der Waals surface area (Å²) in [6, 6.07) is 3.55. The molecular formula is C22H28F2. The summed E-state index contributed by atoms with van der Waals surface area (Å²) in [5.74, 6) is 0.303. The van der Waals surface area contributed by atoms with Crippen molar-refractivity contribution in [2.75, 3.05) is 0 Å². The van der Waals surface area contributed by atoms with Crippen molar-refractivity contribution in [2.24, 2.45) is 11.8 Å². The van der Waals surface area contributed by atoms with Crippen LogP contribution >= 0.6 is 0 Å². The van der Waals surface area contributed by atoms with E-state index in [-0.39, 0.29) is 0 Å². The van der Waals surface area contributed by atoms with Gasteiger partial charge in [-0.1, -0.05) is 56.0 Å². The van der Waals surface area contributed by atoms with E-state index in [1.165, 1.54) is 25.7 Å². The fourth-order valence-corrected chi connectivity index (χ4v) is 4.39. The SMILES string of the molecule is C/C=C/CCc1ccc(C2=CCC(C3CCCC3)CC2)c(F)c1F. The van der Waals surface area contributed by atoms with Crippen LogP contribution < -0.4 is 0 Å². The first-order valence-corrected chi connectivity index (χ1v) is 9.48. The van der Waals surface area contributed by atoms with Crippen molar-refractivity contribution >= 4 is 5.57 Å². The Balaban J connectivity index is 1.71. The lowest BCUT2D eigenvalue weighted by Crippen LogP contribution is -2.14. The van der Waals surface area contributed by atoms with Gasteiger partial charge in [-0.2, -0.15) is 0 Å². The standard InChI is InChI=1S/C22H28F2/c1-2-3-4-9-19-14-15-20(22(24)21(19)23)18-12-10-17(11-13-18)16-7-5-6-8-16/h2-3,12,14-17H,4-11,13H2,1H3/b3-2+. The lowest BCUT2D eigenvalue weighted by Gasteiger charge is -2.27. The van der Waals surface area contributed by atoms with Crippen molar-refractivity contribution in [3.05, 3.63) is 53.1 Å². The molecule has 0 heterocycles. The van der Waals surface area contributed by atoms with Crippen molar-refractivity contribution in [3.8, 4) is 0 Å². The molecule has 2 heteroatoms. The van der Waals surface area contributed by atoms with Crippen LogP contribution in [0.3, 0.4) is 0 Å². The molecule has 1 fully saturated rings. The average molecular weight is 330 g/mol. The lowest BCUT2D eigenvalue weighted by molar-refractivity contribution is 0.317. The molecule has 0 N–H and O–H groups in total. The van der Waals surface area contributed by atoms with Crippen molar-refractivity contribution < 1.29 is 8.78 Å². The van der Waals surface area contributed by atoms with E-state index in [2.05, 4.69) is 6.08 Å². The van der Waals surface area contributed by atoms with Crippen LogP contribution in [-0.2, 0) is 6.42 Å². The second kappa shape index (κ2) is 8.09. The molecule has 1 aromatic carbocycles. The van der Waals surface area contributed by atoms with Crippen LogP contribution in [0.4, 0.5) is 8.78 Å². The molecule has 0 nitrogen and oxygen atoms in total. The van der Waals surface area contributed by atoms with Crippen molar-refractivity contribution in [1.29, 1.82) is 0 Å². The topological polar surface area (TPSA) is 0 Å². The lowest BCUT2D eigenvalue weighted by atomic mass is 9.78. The number of halogens is 2. The average Bonchev–Trinajstić information content (AvgIpc) is 3.14. The minimum atomic E-state index is -0.657. The third kappa shape index (κ3) is 3.79. The van der Waals surface area contributed by atoms with Crippen LogP contribution in [0, 0.1) is 23.5 Å². The maximum absolute atomic E-state index is 14.5. The number of rotatable bonds is 5. The molecule has 0 saturated heterocycles. The third-order valence-electron chi connectivity index (χ3n) is 5.84. The van der Waals surface area contributed by atoms with Gasteiger partial charge in [-0.3, -0.25) is 0 Å². The predicted octanol–water partition coefficient (Wildman–Crippen LogP) is 6.85. The molecule has 1 atom stereocenters. The molecule has 1 aromatic rings. The van der Waals surface area contributed by atoms with Crippen LogP contribution in [0.5, 0.6) is 0 Å². The summed E-state index contributed by atoms with van der Waals surface area (Å²) >= 11 is 0. The van der Waals surface area contributed by atoms with E-state index in [0.29, 0.717) is 17.5 Å². The molecule has 0 bridgehead atoms. The molecule has 1 saturated carbocycles. The summed E-state index contributed by atoms with van der Waals surface area (Å²) in [7, 11) is 0. The number of benzene rings is 1. The summed E-state index contributed by atoms with van der Waals surface area (Å²) in [6.07, 6.45) is 15.9. The van der Waals surface area contributed by atoms with Gasteiger partial charge in [-0.05, 0) is 62.0 Å². The van der Waals surface area contributed by atoms with Crippen LogP contribution in [0.15, 0.2) is 30.4 Å². The molecule has 0 aromatic heterocycles. The summed E-state index contributed by atoms with van der Waals surface area (Å²) in [6.45, 7) is 1.94. The Bertz CT molecular complexity index is 621. The van der Waals surface area contributed by atoms with Crippen molar-refractivity contribution in [3.63, 3.8) is 0 Å². The minimum Gasteiger partial charge on any atom is -0.203 e. The number of allylic oxidation sites excluding steroid dienone is 4. The largest absolute Gasteiger partial charge is 0.203 e. The molecule has 0 spiro atoms. The van der Waals surface area contributed by atoms with E-state index < -0.39 is 11.6 Å². The fourth-order valence-electron chi connectivity index (χ4n) is 4.39. The first-order valence-electron chi connectivity index (χ1n) is 9.48. The van der Waals surface area contributed by atoms with Crippen LogP contribution in [0.25, 0.3) is 5.57 Å². The Hall–Kier alpha value is -1.44. The Kier molecular flexibility index (Phi) is 5.86. The molecule has 130 valence electrons. The van der Waals surface area contributed by atoms with E-state index in [1.807, 2.05) is 19.1 Å². The van der Waals surface area contributed by atoms with Crippen LogP contribution in [0.2, 0.25) is 0 Å². The first-order chi connectivity index (χ1) is 11.7. The van der Waals surface area contributed by atoms with Crippen molar-refractivity contribution in [1.82, 2.24) is 0 Å². The van der Waals surface area contributed by atoms with Crippen LogP contribution in [0.1, 0.15) is 69.4 Å². The highest BCUT2D eigenvalue weighted by atomic mass is 19.2.